The van der Waals surface area contributed by atoms with E-state index in [9.17, 15) is 18.0 Å². The predicted octanol–water partition coefficient (Wildman–Crippen LogP) is 3.76. The molecular weight excluding hydrogens is 345 g/mol. The van der Waals surface area contributed by atoms with Crippen molar-refractivity contribution in [2.24, 2.45) is 0 Å². The van der Waals surface area contributed by atoms with E-state index in [2.05, 4.69) is 15.3 Å². The fraction of sp³-hybridized carbons (Fsp3) is 0.167. The zero-order chi connectivity index (χ0) is 18.3. The summed E-state index contributed by atoms with van der Waals surface area (Å²) in [6.45, 7) is 0. The fourth-order valence-corrected chi connectivity index (χ4v) is 3.08. The van der Waals surface area contributed by atoms with Crippen molar-refractivity contribution in [1.29, 1.82) is 0 Å². The molecule has 132 valence electrons. The number of benzene rings is 1. The normalized spacial score (nSPS) is 16.9. The Morgan fingerprint density at radius 1 is 1.15 bits per heavy atom. The molecule has 1 aliphatic heterocycles. The minimum atomic E-state index is -4.39. The number of alkyl halides is 3. The van der Waals surface area contributed by atoms with Crippen LogP contribution < -0.4 is 5.32 Å². The number of rotatable bonds is 2. The summed E-state index contributed by atoms with van der Waals surface area (Å²) in [6.07, 6.45) is 0.578. The van der Waals surface area contributed by atoms with Gasteiger partial charge < -0.3 is 5.32 Å². The molecular formula is C18H13F3N4O. The average Bonchev–Trinajstić information content (AvgIpc) is 3.05. The number of imidazole rings is 1. The monoisotopic (exact) mass is 358 g/mol. The van der Waals surface area contributed by atoms with Gasteiger partial charge in [-0.25, -0.2) is 4.98 Å². The third kappa shape index (κ3) is 2.83. The average molecular weight is 358 g/mol. The number of anilines is 1. The number of amides is 1. The van der Waals surface area contributed by atoms with Crippen molar-refractivity contribution < 1.29 is 18.0 Å². The van der Waals surface area contributed by atoms with Crippen molar-refractivity contribution in [3.05, 3.63) is 71.9 Å². The van der Waals surface area contributed by atoms with Crippen LogP contribution in [0.2, 0.25) is 0 Å². The summed E-state index contributed by atoms with van der Waals surface area (Å²) < 4.78 is 40.0. The minimum Gasteiger partial charge on any atom is -0.310 e. The molecule has 0 radical (unpaired) electrons. The number of pyridine rings is 1. The minimum absolute atomic E-state index is 0.127. The maximum absolute atomic E-state index is 12.8. The molecule has 0 aliphatic carbocycles. The lowest BCUT2D eigenvalue weighted by molar-refractivity contribution is -0.137. The van der Waals surface area contributed by atoms with E-state index in [1.54, 1.807) is 29.4 Å². The smallest absolute Gasteiger partial charge is 0.310 e. The predicted molar refractivity (Wildman–Crippen MR) is 87.9 cm³/mol. The van der Waals surface area contributed by atoms with E-state index in [1.807, 2.05) is 6.07 Å². The van der Waals surface area contributed by atoms with Gasteiger partial charge in [0, 0.05) is 18.5 Å². The number of fused-ring (bicyclic) bond motifs is 1. The zero-order valence-corrected chi connectivity index (χ0v) is 13.4. The number of hydrogen-bond donors (Lipinski definition) is 1. The van der Waals surface area contributed by atoms with Gasteiger partial charge in [-0.15, -0.1) is 0 Å². The molecule has 4 rings (SSSR count). The van der Waals surface area contributed by atoms with E-state index in [1.165, 1.54) is 12.1 Å². The molecule has 26 heavy (non-hydrogen) atoms. The molecule has 0 bridgehead atoms. The second kappa shape index (κ2) is 5.98. The van der Waals surface area contributed by atoms with E-state index in [0.29, 0.717) is 17.1 Å². The van der Waals surface area contributed by atoms with E-state index < -0.39 is 17.7 Å². The van der Waals surface area contributed by atoms with Crippen molar-refractivity contribution >= 4 is 11.7 Å². The van der Waals surface area contributed by atoms with Gasteiger partial charge in [-0.05, 0) is 29.8 Å². The highest BCUT2D eigenvalue weighted by Gasteiger charge is 2.33. The van der Waals surface area contributed by atoms with Crippen LogP contribution in [-0.2, 0) is 11.0 Å². The molecule has 0 saturated carbocycles. The molecule has 5 nitrogen and oxygen atoms in total. The molecule has 0 fully saturated rings. The number of hydrogen-bond acceptors (Lipinski definition) is 3. The third-order valence-electron chi connectivity index (χ3n) is 4.34. The van der Waals surface area contributed by atoms with Crippen molar-refractivity contribution in [3.63, 3.8) is 0 Å². The van der Waals surface area contributed by atoms with Crippen molar-refractivity contribution in [3.8, 4) is 5.69 Å². The van der Waals surface area contributed by atoms with Crippen LogP contribution in [0, 0.1) is 0 Å². The number of aromatic nitrogens is 3. The molecule has 3 heterocycles. The first-order chi connectivity index (χ1) is 12.4. The summed E-state index contributed by atoms with van der Waals surface area (Å²) in [5.41, 5.74) is 1.25. The van der Waals surface area contributed by atoms with Gasteiger partial charge in [0.15, 0.2) is 0 Å². The number of halogens is 3. The molecule has 0 unspecified atom stereocenters. The van der Waals surface area contributed by atoms with Gasteiger partial charge in [0.2, 0.25) is 5.91 Å². The molecule has 0 saturated heterocycles. The van der Waals surface area contributed by atoms with Crippen LogP contribution in [-0.4, -0.2) is 20.4 Å². The Morgan fingerprint density at radius 2 is 1.92 bits per heavy atom. The van der Waals surface area contributed by atoms with Gasteiger partial charge in [-0.2, -0.15) is 13.2 Å². The highest BCUT2D eigenvalue weighted by Crippen LogP contribution is 2.38. The van der Waals surface area contributed by atoms with Gasteiger partial charge in [0.25, 0.3) is 0 Å². The van der Waals surface area contributed by atoms with Gasteiger partial charge in [0.1, 0.15) is 12.1 Å². The van der Waals surface area contributed by atoms with Crippen molar-refractivity contribution in [1.82, 2.24) is 14.5 Å². The second-order valence-corrected chi connectivity index (χ2v) is 5.98. The summed E-state index contributed by atoms with van der Waals surface area (Å²) in [5, 5.41) is 2.80. The van der Waals surface area contributed by atoms with Crippen LogP contribution in [0.1, 0.15) is 29.2 Å². The Balaban J connectivity index is 1.75. The summed E-state index contributed by atoms with van der Waals surface area (Å²) in [7, 11) is 0. The van der Waals surface area contributed by atoms with Gasteiger partial charge in [-0.1, -0.05) is 12.1 Å². The summed E-state index contributed by atoms with van der Waals surface area (Å²) in [4.78, 5) is 20.6. The lowest BCUT2D eigenvalue weighted by Gasteiger charge is -2.23. The number of nitrogens with one attached hydrogen (secondary N) is 1. The summed E-state index contributed by atoms with van der Waals surface area (Å²) in [5.74, 6) is -0.105. The highest BCUT2D eigenvalue weighted by atomic mass is 19.4. The van der Waals surface area contributed by atoms with Crippen LogP contribution >= 0.6 is 0 Å². The maximum Gasteiger partial charge on any atom is 0.416 e. The molecule has 0 spiro atoms. The largest absolute Gasteiger partial charge is 0.416 e. The molecule has 1 N–H and O–H groups in total. The molecule has 1 aromatic carbocycles. The molecule has 2 aromatic heterocycles. The standard InChI is InChI=1S/C18H13F3N4O/c19-18(20,21)12-5-3-11(4-6-12)14-8-15(26)24-17-16(14)23-10-25(17)13-2-1-7-22-9-13/h1-7,9-10,14H,8H2,(H,24,26)/t14-/m1/s1. The lowest BCUT2D eigenvalue weighted by atomic mass is 9.89. The zero-order valence-electron chi connectivity index (χ0n) is 13.4. The van der Waals surface area contributed by atoms with Gasteiger partial charge in [-0.3, -0.25) is 14.3 Å². The lowest BCUT2D eigenvalue weighted by Crippen LogP contribution is -2.25. The van der Waals surface area contributed by atoms with Crippen LogP contribution in [0.3, 0.4) is 0 Å². The first-order valence-electron chi connectivity index (χ1n) is 7.88. The van der Waals surface area contributed by atoms with Crippen LogP contribution in [0.15, 0.2) is 55.1 Å². The first kappa shape index (κ1) is 16.3. The fourth-order valence-electron chi connectivity index (χ4n) is 3.08. The van der Waals surface area contributed by atoms with E-state index >= 15 is 0 Å². The van der Waals surface area contributed by atoms with E-state index in [-0.39, 0.29) is 12.3 Å². The van der Waals surface area contributed by atoms with Gasteiger partial charge >= 0.3 is 6.18 Å². The van der Waals surface area contributed by atoms with E-state index in [4.69, 9.17) is 0 Å². The van der Waals surface area contributed by atoms with Crippen molar-refractivity contribution in [2.75, 3.05) is 5.32 Å². The Labute approximate surface area is 146 Å². The number of carbonyl (C=O) groups excluding carboxylic acids is 1. The molecule has 1 aliphatic rings. The van der Waals surface area contributed by atoms with E-state index in [0.717, 1.165) is 17.8 Å². The van der Waals surface area contributed by atoms with Gasteiger partial charge in [0.05, 0.1) is 23.1 Å². The van der Waals surface area contributed by atoms with Crippen LogP contribution in [0.5, 0.6) is 0 Å². The number of nitrogens with zero attached hydrogens (tertiary/aromatic N) is 3. The topological polar surface area (TPSA) is 59.8 Å². The Kier molecular flexibility index (Phi) is 3.75. The second-order valence-electron chi connectivity index (χ2n) is 5.98. The van der Waals surface area contributed by atoms with Crippen LogP contribution in [0.4, 0.5) is 19.0 Å². The van der Waals surface area contributed by atoms with Crippen molar-refractivity contribution in [2.45, 2.75) is 18.5 Å². The number of carbonyl (C=O) groups is 1. The SMILES string of the molecule is O=C1C[C@H](c2ccc(C(F)(F)F)cc2)c2ncn(-c3cccnc3)c2N1. The Bertz CT molecular complexity index is 949. The quantitative estimate of drug-likeness (QED) is 0.759. The Morgan fingerprint density at radius 3 is 2.58 bits per heavy atom. The summed E-state index contributed by atoms with van der Waals surface area (Å²) in [6, 6.07) is 8.44. The third-order valence-corrected chi connectivity index (χ3v) is 4.34. The molecule has 1 atom stereocenters. The first-order valence-corrected chi connectivity index (χ1v) is 7.88. The summed E-state index contributed by atoms with van der Waals surface area (Å²) >= 11 is 0. The molecule has 3 aromatic rings. The Hall–Kier alpha value is -3.16. The molecule has 1 amide bonds. The van der Waals surface area contributed by atoms with Crippen LogP contribution in [0.25, 0.3) is 5.69 Å². The maximum atomic E-state index is 12.8. The molecule has 8 heteroatoms. The highest BCUT2D eigenvalue weighted by molar-refractivity contribution is 5.94.